The first-order valence-electron chi connectivity index (χ1n) is 10.6. The van der Waals surface area contributed by atoms with Crippen LogP contribution in [0, 0.1) is 12.8 Å². The van der Waals surface area contributed by atoms with Crippen LogP contribution in [-0.2, 0) is 7.05 Å². The average molecular weight is 456 g/mol. The molecule has 0 saturated carbocycles. The molecule has 9 heteroatoms. The number of halogens is 1. The molecular formula is C23H26ClN5O3. The Morgan fingerprint density at radius 1 is 1.31 bits per heavy atom. The number of fused-ring (bicyclic) bond motifs is 1. The van der Waals surface area contributed by atoms with E-state index in [4.69, 9.17) is 16.6 Å². The summed E-state index contributed by atoms with van der Waals surface area (Å²) in [5.41, 5.74) is 2.46. The molecule has 2 unspecified atom stereocenters. The van der Waals surface area contributed by atoms with E-state index in [1.807, 2.05) is 26.0 Å². The van der Waals surface area contributed by atoms with E-state index in [2.05, 4.69) is 22.1 Å². The van der Waals surface area contributed by atoms with Crippen LogP contribution in [0.1, 0.15) is 47.9 Å². The fraction of sp³-hybridized carbons (Fsp3) is 0.391. The fourth-order valence-electron chi connectivity index (χ4n) is 4.30. The lowest BCUT2D eigenvalue weighted by Gasteiger charge is -2.23. The minimum atomic E-state index is -1.17. The summed E-state index contributed by atoms with van der Waals surface area (Å²) in [5.74, 6) is 0.0322. The van der Waals surface area contributed by atoms with Gasteiger partial charge in [-0.3, -0.25) is 9.36 Å². The summed E-state index contributed by atoms with van der Waals surface area (Å²) in [6.45, 7) is 7.75. The number of hydrogen-bond donors (Lipinski definition) is 2. The fourth-order valence-corrected chi connectivity index (χ4v) is 4.44. The van der Waals surface area contributed by atoms with Gasteiger partial charge in [0.1, 0.15) is 5.15 Å². The molecule has 1 saturated heterocycles. The minimum Gasteiger partial charge on any atom is -0.476 e. The molecule has 2 aromatic heterocycles. The van der Waals surface area contributed by atoms with Crippen molar-refractivity contribution in [2.45, 2.75) is 33.2 Å². The zero-order chi connectivity index (χ0) is 23.2. The topological polar surface area (TPSA) is 100 Å². The van der Waals surface area contributed by atoms with Gasteiger partial charge in [-0.1, -0.05) is 24.6 Å². The van der Waals surface area contributed by atoms with Crippen LogP contribution in [0.5, 0.6) is 0 Å². The third-order valence-electron chi connectivity index (χ3n) is 5.94. The Hall–Kier alpha value is -3.13. The first kappa shape index (κ1) is 22.1. The second-order valence-corrected chi connectivity index (χ2v) is 8.95. The number of hydrogen-bond acceptors (Lipinski definition) is 6. The van der Waals surface area contributed by atoms with Gasteiger partial charge in [-0.15, -0.1) is 0 Å². The summed E-state index contributed by atoms with van der Waals surface area (Å²) in [6.07, 6.45) is 1.06. The van der Waals surface area contributed by atoms with Crippen LogP contribution in [-0.4, -0.2) is 38.7 Å². The summed E-state index contributed by atoms with van der Waals surface area (Å²) in [5, 5.41) is 13.4. The number of anilines is 2. The summed E-state index contributed by atoms with van der Waals surface area (Å²) in [4.78, 5) is 35.9. The van der Waals surface area contributed by atoms with Gasteiger partial charge in [0, 0.05) is 25.7 Å². The summed E-state index contributed by atoms with van der Waals surface area (Å²) >= 11 is 5.88. The zero-order valence-corrected chi connectivity index (χ0v) is 19.3. The Kier molecular flexibility index (Phi) is 5.81. The highest BCUT2D eigenvalue weighted by molar-refractivity contribution is 6.29. The predicted octanol–water partition coefficient (Wildman–Crippen LogP) is 4.01. The largest absolute Gasteiger partial charge is 0.476 e. The molecule has 1 aliphatic heterocycles. The van der Waals surface area contributed by atoms with Gasteiger partial charge in [0.25, 0.3) is 5.56 Å². The standard InChI is InChI=1S/C23H26ClN5O3/c1-12-7-8-29(11-12)23-27-19-15(9-13(2)10-16(19)21(30)28(23)4)14(3)25-17-5-6-18(24)26-20(17)22(31)32/h5-6,9-10,12,14,25H,7-8,11H2,1-4H3,(H,31,32). The SMILES string of the molecule is Cc1cc(C(C)Nc2ccc(Cl)nc2C(=O)O)c2nc(N3CCC(C)C3)n(C)c(=O)c2c1. The maximum atomic E-state index is 13.2. The molecule has 168 valence electrons. The van der Waals surface area contributed by atoms with Crippen LogP contribution in [0.15, 0.2) is 29.1 Å². The first-order valence-corrected chi connectivity index (χ1v) is 11.0. The van der Waals surface area contributed by atoms with Crippen molar-refractivity contribution in [3.05, 3.63) is 56.6 Å². The van der Waals surface area contributed by atoms with Crippen molar-refractivity contribution in [2.24, 2.45) is 13.0 Å². The van der Waals surface area contributed by atoms with Gasteiger partial charge in [-0.05, 0) is 49.9 Å². The first-order chi connectivity index (χ1) is 15.2. The second kappa shape index (κ2) is 8.43. The van der Waals surface area contributed by atoms with Gasteiger partial charge in [0.2, 0.25) is 5.95 Å². The number of pyridine rings is 1. The number of nitrogens with zero attached hydrogens (tertiary/aromatic N) is 4. The third kappa shape index (κ3) is 4.02. The van der Waals surface area contributed by atoms with E-state index in [0.717, 1.165) is 30.6 Å². The summed E-state index contributed by atoms with van der Waals surface area (Å²) in [6, 6.07) is 6.63. The van der Waals surface area contributed by atoms with E-state index in [1.54, 1.807) is 17.7 Å². The lowest BCUT2D eigenvalue weighted by atomic mass is 10.0. The smallest absolute Gasteiger partial charge is 0.356 e. The van der Waals surface area contributed by atoms with Gasteiger partial charge in [-0.25, -0.2) is 14.8 Å². The number of aryl methyl sites for hydroxylation is 1. The van der Waals surface area contributed by atoms with Crippen LogP contribution in [0.3, 0.4) is 0 Å². The van der Waals surface area contributed by atoms with Crippen LogP contribution in [0.2, 0.25) is 5.15 Å². The van der Waals surface area contributed by atoms with Gasteiger partial charge in [-0.2, -0.15) is 0 Å². The Bertz CT molecular complexity index is 1270. The monoisotopic (exact) mass is 455 g/mol. The molecule has 0 bridgehead atoms. The molecule has 0 aliphatic carbocycles. The minimum absolute atomic E-state index is 0.0962. The molecule has 0 spiro atoms. The van der Waals surface area contributed by atoms with Crippen molar-refractivity contribution in [1.29, 1.82) is 0 Å². The molecule has 1 aromatic carbocycles. The Morgan fingerprint density at radius 2 is 2.06 bits per heavy atom. The number of aromatic carboxylic acids is 1. The van der Waals surface area contributed by atoms with Gasteiger partial charge < -0.3 is 15.3 Å². The Morgan fingerprint density at radius 3 is 2.72 bits per heavy atom. The predicted molar refractivity (Wildman–Crippen MR) is 126 cm³/mol. The van der Waals surface area contributed by atoms with E-state index >= 15 is 0 Å². The van der Waals surface area contributed by atoms with E-state index < -0.39 is 5.97 Å². The molecular weight excluding hydrogens is 430 g/mol. The normalized spacial score (nSPS) is 17.0. The molecule has 0 amide bonds. The number of benzene rings is 1. The Balaban J connectivity index is 1.83. The van der Waals surface area contributed by atoms with Crippen molar-refractivity contribution in [1.82, 2.24) is 14.5 Å². The lowest BCUT2D eigenvalue weighted by molar-refractivity contribution is 0.0691. The molecule has 3 aromatic rings. The van der Waals surface area contributed by atoms with E-state index in [9.17, 15) is 14.7 Å². The average Bonchev–Trinajstić information content (AvgIpc) is 3.17. The highest BCUT2D eigenvalue weighted by Crippen LogP contribution is 2.30. The molecule has 2 atom stereocenters. The van der Waals surface area contributed by atoms with Crippen LogP contribution in [0.25, 0.3) is 10.9 Å². The van der Waals surface area contributed by atoms with E-state index in [0.29, 0.717) is 28.5 Å². The molecule has 8 nitrogen and oxygen atoms in total. The highest BCUT2D eigenvalue weighted by Gasteiger charge is 2.25. The highest BCUT2D eigenvalue weighted by atomic mass is 35.5. The van der Waals surface area contributed by atoms with Crippen molar-refractivity contribution < 1.29 is 9.90 Å². The van der Waals surface area contributed by atoms with Crippen LogP contribution >= 0.6 is 11.6 Å². The number of nitrogens with one attached hydrogen (secondary N) is 1. The lowest BCUT2D eigenvalue weighted by Crippen LogP contribution is -2.30. The van der Waals surface area contributed by atoms with Crippen LogP contribution in [0.4, 0.5) is 11.6 Å². The number of carboxylic acid groups (broad SMARTS) is 1. The molecule has 2 N–H and O–H groups in total. The molecule has 4 rings (SSSR count). The zero-order valence-electron chi connectivity index (χ0n) is 18.5. The van der Waals surface area contributed by atoms with Crippen molar-refractivity contribution >= 4 is 40.1 Å². The van der Waals surface area contributed by atoms with E-state index in [-0.39, 0.29) is 22.4 Å². The van der Waals surface area contributed by atoms with Crippen molar-refractivity contribution in [3.63, 3.8) is 0 Å². The number of aromatic nitrogens is 3. The van der Waals surface area contributed by atoms with E-state index in [1.165, 1.54) is 6.07 Å². The van der Waals surface area contributed by atoms with Gasteiger partial charge >= 0.3 is 5.97 Å². The molecule has 32 heavy (non-hydrogen) atoms. The number of carboxylic acids is 1. The maximum Gasteiger partial charge on any atom is 0.356 e. The summed E-state index contributed by atoms with van der Waals surface area (Å²) < 4.78 is 1.62. The molecule has 1 aliphatic rings. The van der Waals surface area contributed by atoms with Gasteiger partial charge in [0.15, 0.2) is 5.69 Å². The van der Waals surface area contributed by atoms with Gasteiger partial charge in [0.05, 0.1) is 22.6 Å². The maximum absolute atomic E-state index is 13.2. The quantitative estimate of drug-likeness (QED) is 0.560. The number of carbonyl (C=O) groups is 1. The third-order valence-corrected chi connectivity index (χ3v) is 6.15. The van der Waals surface area contributed by atoms with Crippen molar-refractivity contribution in [2.75, 3.05) is 23.3 Å². The second-order valence-electron chi connectivity index (χ2n) is 8.57. The molecule has 1 fully saturated rings. The number of rotatable bonds is 5. The Labute approximate surface area is 190 Å². The van der Waals surface area contributed by atoms with Crippen LogP contribution < -0.4 is 15.8 Å². The molecule has 0 radical (unpaired) electrons. The van der Waals surface area contributed by atoms with Crippen molar-refractivity contribution in [3.8, 4) is 0 Å². The summed E-state index contributed by atoms with van der Waals surface area (Å²) in [7, 11) is 1.76. The molecule has 3 heterocycles.